The highest BCUT2D eigenvalue weighted by molar-refractivity contribution is 14.1. The molecule has 0 aliphatic carbocycles. The van der Waals surface area contributed by atoms with E-state index in [0.717, 1.165) is 20.0 Å². The summed E-state index contributed by atoms with van der Waals surface area (Å²) in [6.45, 7) is 0. The predicted molar refractivity (Wildman–Crippen MR) is 81.4 cm³/mol. The summed E-state index contributed by atoms with van der Waals surface area (Å²) in [7, 11) is 0. The van der Waals surface area contributed by atoms with Crippen molar-refractivity contribution in [2.75, 3.05) is 0 Å². The standard InChI is InChI=1S/C14H8ClFIN/c15-10-2-1-3-11(16)14(10)8-4-5-13-9(6-8)12(17)7-18-13/h1-7,18H. The lowest BCUT2D eigenvalue weighted by atomic mass is 10.0. The van der Waals surface area contributed by atoms with Gasteiger partial charge in [0.1, 0.15) is 5.82 Å². The van der Waals surface area contributed by atoms with Crippen LogP contribution in [0.15, 0.2) is 42.6 Å². The van der Waals surface area contributed by atoms with Gasteiger partial charge in [0.25, 0.3) is 0 Å². The third kappa shape index (κ3) is 1.91. The van der Waals surface area contributed by atoms with E-state index in [1.807, 2.05) is 24.4 Å². The highest BCUT2D eigenvalue weighted by Gasteiger charge is 2.11. The number of nitrogens with one attached hydrogen (secondary N) is 1. The van der Waals surface area contributed by atoms with Gasteiger partial charge in [-0.3, -0.25) is 0 Å². The number of fused-ring (bicyclic) bond motifs is 1. The summed E-state index contributed by atoms with van der Waals surface area (Å²) < 4.78 is 15.0. The number of hydrogen-bond acceptors (Lipinski definition) is 0. The molecular weight excluding hydrogens is 364 g/mol. The largest absolute Gasteiger partial charge is 0.360 e. The molecule has 0 spiro atoms. The molecule has 0 aliphatic rings. The number of hydrogen-bond donors (Lipinski definition) is 1. The van der Waals surface area contributed by atoms with Crippen molar-refractivity contribution in [3.63, 3.8) is 0 Å². The predicted octanol–water partition coefficient (Wildman–Crippen LogP) is 5.23. The maximum Gasteiger partial charge on any atom is 0.132 e. The van der Waals surface area contributed by atoms with E-state index in [1.165, 1.54) is 6.07 Å². The van der Waals surface area contributed by atoms with E-state index < -0.39 is 0 Å². The van der Waals surface area contributed by atoms with Gasteiger partial charge in [-0.1, -0.05) is 23.7 Å². The molecule has 1 aromatic heterocycles. The smallest absolute Gasteiger partial charge is 0.132 e. The Morgan fingerprint density at radius 2 is 2.00 bits per heavy atom. The summed E-state index contributed by atoms with van der Waals surface area (Å²) in [6, 6.07) is 10.5. The van der Waals surface area contributed by atoms with Crippen molar-refractivity contribution in [2.24, 2.45) is 0 Å². The van der Waals surface area contributed by atoms with Crippen molar-refractivity contribution in [1.82, 2.24) is 4.98 Å². The number of rotatable bonds is 1. The van der Waals surface area contributed by atoms with Gasteiger partial charge in [0.05, 0.1) is 5.02 Å². The van der Waals surface area contributed by atoms with Crippen LogP contribution in [0.2, 0.25) is 5.02 Å². The summed E-state index contributed by atoms with van der Waals surface area (Å²) in [4.78, 5) is 3.16. The Hall–Kier alpha value is -1.07. The van der Waals surface area contributed by atoms with Crippen molar-refractivity contribution in [3.05, 3.63) is 57.0 Å². The summed E-state index contributed by atoms with van der Waals surface area (Å²) in [5.41, 5.74) is 2.29. The number of halogens is 3. The maximum atomic E-state index is 13.9. The van der Waals surface area contributed by atoms with E-state index in [2.05, 4.69) is 27.6 Å². The van der Waals surface area contributed by atoms with E-state index in [1.54, 1.807) is 12.1 Å². The molecule has 1 N–H and O–H groups in total. The van der Waals surface area contributed by atoms with E-state index in [4.69, 9.17) is 11.6 Å². The summed E-state index contributed by atoms with van der Waals surface area (Å²) in [6.07, 6.45) is 1.93. The molecule has 1 nitrogen and oxygen atoms in total. The Morgan fingerprint density at radius 1 is 1.17 bits per heavy atom. The Bertz CT molecular complexity index is 715. The highest BCUT2D eigenvalue weighted by atomic mass is 127. The second-order valence-corrected chi connectivity index (χ2v) is 5.56. The first-order valence-electron chi connectivity index (χ1n) is 5.38. The Balaban J connectivity index is 2.28. The fraction of sp³-hybridized carbons (Fsp3) is 0. The van der Waals surface area contributed by atoms with Crippen molar-refractivity contribution >= 4 is 45.1 Å². The van der Waals surface area contributed by atoms with E-state index in [0.29, 0.717) is 10.6 Å². The van der Waals surface area contributed by atoms with Gasteiger partial charge in [-0.25, -0.2) is 4.39 Å². The first-order chi connectivity index (χ1) is 8.66. The molecule has 1 heterocycles. The van der Waals surface area contributed by atoms with Gasteiger partial charge in [-0.05, 0) is 52.4 Å². The zero-order valence-corrected chi connectivity index (χ0v) is 12.1. The number of aromatic nitrogens is 1. The van der Waals surface area contributed by atoms with Crippen molar-refractivity contribution in [3.8, 4) is 11.1 Å². The fourth-order valence-corrected chi connectivity index (χ4v) is 2.89. The molecule has 2 aromatic carbocycles. The Labute approximate surface area is 122 Å². The van der Waals surface area contributed by atoms with Gasteiger partial charge in [0, 0.05) is 26.2 Å². The number of benzene rings is 2. The van der Waals surface area contributed by atoms with Crippen molar-refractivity contribution in [1.29, 1.82) is 0 Å². The summed E-state index contributed by atoms with van der Waals surface area (Å²) >= 11 is 8.33. The third-order valence-electron chi connectivity index (χ3n) is 2.88. The minimum atomic E-state index is -0.299. The van der Waals surface area contributed by atoms with Crippen LogP contribution >= 0.6 is 34.2 Å². The van der Waals surface area contributed by atoms with Crippen LogP contribution in [0.3, 0.4) is 0 Å². The van der Waals surface area contributed by atoms with Crippen LogP contribution in [0, 0.1) is 9.39 Å². The molecule has 0 bridgehead atoms. The molecular formula is C14H8ClFIN. The van der Waals surface area contributed by atoms with E-state index in [-0.39, 0.29) is 5.82 Å². The Kier molecular flexibility index (Phi) is 3.03. The molecule has 0 radical (unpaired) electrons. The van der Waals surface area contributed by atoms with E-state index >= 15 is 0 Å². The third-order valence-corrected chi connectivity index (χ3v) is 4.09. The number of aromatic amines is 1. The Morgan fingerprint density at radius 3 is 2.78 bits per heavy atom. The van der Waals surface area contributed by atoms with Crippen LogP contribution in [0.5, 0.6) is 0 Å². The zero-order chi connectivity index (χ0) is 12.7. The minimum Gasteiger partial charge on any atom is -0.360 e. The molecule has 0 unspecified atom stereocenters. The molecule has 0 fully saturated rings. The second-order valence-electron chi connectivity index (χ2n) is 3.99. The molecule has 18 heavy (non-hydrogen) atoms. The van der Waals surface area contributed by atoms with Gasteiger partial charge >= 0.3 is 0 Å². The molecule has 0 saturated heterocycles. The highest BCUT2D eigenvalue weighted by Crippen LogP contribution is 2.33. The molecule has 3 aromatic rings. The first kappa shape index (κ1) is 12.0. The van der Waals surface area contributed by atoms with Crippen LogP contribution in [0.25, 0.3) is 22.0 Å². The quantitative estimate of drug-likeness (QED) is 0.564. The normalized spacial score (nSPS) is 11.1. The maximum absolute atomic E-state index is 13.9. The average Bonchev–Trinajstić information content (AvgIpc) is 2.71. The van der Waals surface area contributed by atoms with Crippen LogP contribution in [-0.4, -0.2) is 4.98 Å². The van der Waals surface area contributed by atoms with Crippen LogP contribution in [0.1, 0.15) is 0 Å². The van der Waals surface area contributed by atoms with Gasteiger partial charge in [0.2, 0.25) is 0 Å². The van der Waals surface area contributed by atoms with Crippen molar-refractivity contribution < 1.29 is 4.39 Å². The summed E-state index contributed by atoms with van der Waals surface area (Å²) in [5.74, 6) is -0.299. The molecule has 0 aliphatic heterocycles. The van der Waals surface area contributed by atoms with Gasteiger partial charge in [-0.2, -0.15) is 0 Å². The van der Waals surface area contributed by atoms with Crippen LogP contribution < -0.4 is 0 Å². The first-order valence-corrected chi connectivity index (χ1v) is 6.83. The topological polar surface area (TPSA) is 15.8 Å². The van der Waals surface area contributed by atoms with Crippen LogP contribution in [0.4, 0.5) is 4.39 Å². The van der Waals surface area contributed by atoms with Crippen LogP contribution in [-0.2, 0) is 0 Å². The van der Waals surface area contributed by atoms with Gasteiger partial charge < -0.3 is 4.98 Å². The monoisotopic (exact) mass is 371 g/mol. The fourth-order valence-electron chi connectivity index (χ4n) is 2.02. The lowest BCUT2D eigenvalue weighted by molar-refractivity contribution is 0.631. The molecule has 0 amide bonds. The molecule has 4 heteroatoms. The summed E-state index contributed by atoms with van der Waals surface area (Å²) in [5, 5.41) is 1.51. The lowest BCUT2D eigenvalue weighted by Crippen LogP contribution is -1.85. The average molecular weight is 372 g/mol. The second kappa shape index (κ2) is 4.55. The lowest BCUT2D eigenvalue weighted by Gasteiger charge is -2.06. The van der Waals surface area contributed by atoms with Crippen molar-refractivity contribution in [2.45, 2.75) is 0 Å². The van der Waals surface area contributed by atoms with Gasteiger partial charge in [0.15, 0.2) is 0 Å². The minimum absolute atomic E-state index is 0.299. The SMILES string of the molecule is Fc1cccc(Cl)c1-c1ccc2[nH]cc(I)c2c1. The molecule has 0 atom stereocenters. The molecule has 3 rings (SSSR count). The molecule has 0 saturated carbocycles. The van der Waals surface area contributed by atoms with E-state index in [9.17, 15) is 4.39 Å². The van der Waals surface area contributed by atoms with Gasteiger partial charge in [-0.15, -0.1) is 0 Å². The zero-order valence-electron chi connectivity index (χ0n) is 9.18. The number of H-pyrrole nitrogens is 1. The molecule has 90 valence electrons.